The summed E-state index contributed by atoms with van der Waals surface area (Å²) in [6.45, 7) is 4.40. The maximum Gasteiger partial charge on any atom is 0.250 e. The highest BCUT2D eigenvalue weighted by Gasteiger charge is 2.12. The number of nitrogens with one attached hydrogen (secondary N) is 1. The summed E-state index contributed by atoms with van der Waals surface area (Å²) in [7, 11) is 1.58. The van der Waals surface area contributed by atoms with Crippen LogP contribution in [0.1, 0.15) is 17.4 Å². The minimum Gasteiger partial charge on any atom is -0.493 e. The Morgan fingerprint density at radius 2 is 2.03 bits per heavy atom. The minimum atomic E-state index is -0.268. The van der Waals surface area contributed by atoms with Gasteiger partial charge < -0.3 is 9.47 Å². The molecule has 0 radical (unpaired) electrons. The molecular weight excluding hydrogens is 488 g/mol. The number of nitrogens with zero attached hydrogens (tertiary/aromatic N) is 1. The van der Waals surface area contributed by atoms with Crippen LogP contribution in [-0.4, -0.2) is 24.6 Å². The van der Waals surface area contributed by atoms with Crippen LogP contribution in [0.4, 0.5) is 5.13 Å². The molecule has 1 aromatic heterocycles. The number of anilines is 1. The van der Waals surface area contributed by atoms with Crippen LogP contribution in [0.15, 0.2) is 46.9 Å². The molecule has 30 heavy (non-hydrogen) atoms. The average molecular weight is 508 g/mol. The summed E-state index contributed by atoms with van der Waals surface area (Å²) in [5.41, 5.74) is 2.58. The van der Waals surface area contributed by atoms with Crippen molar-refractivity contribution in [3.63, 3.8) is 0 Å². The molecule has 1 heterocycles. The van der Waals surface area contributed by atoms with Crippen LogP contribution in [-0.2, 0) is 4.79 Å². The lowest BCUT2D eigenvalue weighted by Crippen LogP contribution is -2.07. The summed E-state index contributed by atoms with van der Waals surface area (Å²) in [5.74, 6) is 0.958. The molecule has 0 aliphatic rings. The van der Waals surface area contributed by atoms with E-state index in [2.05, 4.69) is 26.2 Å². The van der Waals surface area contributed by atoms with Crippen molar-refractivity contribution in [3.05, 3.63) is 62.4 Å². The van der Waals surface area contributed by atoms with Crippen LogP contribution in [0.2, 0.25) is 5.02 Å². The normalized spacial score (nSPS) is 11.0. The van der Waals surface area contributed by atoms with E-state index in [0.29, 0.717) is 28.3 Å². The Balaban J connectivity index is 1.73. The van der Waals surface area contributed by atoms with Gasteiger partial charge in [-0.3, -0.25) is 10.1 Å². The van der Waals surface area contributed by atoms with Crippen LogP contribution < -0.4 is 14.8 Å². The van der Waals surface area contributed by atoms with Crippen LogP contribution in [0.3, 0.4) is 0 Å². The zero-order chi connectivity index (χ0) is 21.7. The van der Waals surface area contributed by atoms with Crippen molar-refractivity contribution in [1.29, 1.82) is 0 Å². The highest BCUT2D eigenvalue weighted by molar-refractivity contribution is 9.10. The molecule has 5 nitrogen and oxygen atoms in total. The van der Waals surface area contributed by atoms with E-state index in [9.17, 15) is 4.79 Å². The number of amides is 1. The number of benzene rings is 2. The molecule has 0 bridgehead atoms. The fourth-order valence-corrected chi connectivity index (χ4v) is 4.30. The molecule has 0 saturated heterocycles. The lowest BCUT2D eigenvalue weighted by molar-refractivity contribution is -0.111. The second-order valence-electron chi connectivity index (χ2n) is 6.22. The molecule has 0 unspecified atom stereocenters. The topological polar surface area (TPSA) is 60.5 Å². The Morgan fingerprint density at radius 1 is 1.30 bits per heavy atom. The summed E-state index contributed by atoms with van der Waals surface area (Å²) >= 11 is 10.9. The molecule has 0 aliphatic heterocycles. The van der Waals surface area contributed by atoms with Gasteiger partial charge in [0.25, 0.3) is 0 Å². The van der Waals surface area contributed by atoms with E-state index in [-0.39, 0.29) is 5.91 Å². The number of carbonyl (C=O) groups is 1. The van der Waals surface area contributed by atoms with Crippen molar-refractivity contribution >= 4 is 56.0 Å². The van der Waals surface area contributed by atoms with Gasteiger partial charge in [0.1, 0.15) is 0 Å². The number of rotatable bonds is 7. The molecule has 3 rings (SSSR count). The van der Waals surface area contributed by atoms with E-state index in [1.807, 2.05) is 50.2 Å². The van der Waals surface area contributed by atoms with Gasteiger partial charge in [-0.2, -0.15) is 0 Å². The van der Waals surface area contributed by atoms with Crippen molar-refractivity contribution in [1.82, 2.24) is 4.98 Å². The molecule has 0 spiro atoms. The number of thiazole rings is 1. The third kappa shape index (κ3) is 5.41. The Kier molecular flexibility index (Phi) is 7.53. The van der Waals surface area contributed by atoms with Crippen LogP contribution in [0.5, 0.6) is 11.5 Å². The van der Waals surface area contributed by atoms with Gasteiger partial charge in [0.15, 0.2) is 16.6 Å². The van der Waals surface area contributed by atoms with Crippen molar-refractivity contribution in [2.45, 2.75) is 13.8 Å². The van der Waals surface area contributed by atoms with E-state index in [4.69, 9.17) is 21.1 Å². The van der Waals surface area contributed by atoms with Crippen molar-refractivity contribution in [3.8, 4) is 22.8 Å². The Hall–Kier alpha value is -2.35. The quantitative estimate of drug-likeness (QED) is 0.366. The van der Waals surface area contributed by atoms with Crippen LogP contribution >= 0.6 is 38.9 Å². The van der Waals surface area contributed by atoms with Gasteiger partial charge in [0.2, 0.25) is 5.91 Å². The fraction of sp³-hybridized carbons (Fsp3) is 0.182. The lowest BCUT2D eigenvalue weighted by atomic mass is 10.1. The zero-order valence-corrected chi connectivity index (χ0v) is 19.8. The summed E-state index contributed by atoms with van der Waals surface area (Å²) in [6.07, 6.45) is 3.17. The molecule has 156 valence electrons. The number of ether oxygens (including phenoxy) is 2. The van der Waals surface area contributed by atoms with Gasteiger partial charge in [0.05, 0.1) is 23.9 Å². The molecule has 8 heteroatoms. The number of halogens is 2. The van der Waals surface area contributed by atoms with Crippen molar-refractivity contribution in [2.75, 3.05) is 19.0 Å². The van der Waals surface area contributed by atoms with Gasteiger partial charge in [-0.1, -0.05) is 23.7 Å². The van der Waals surface area contributed by atoms with Gasteiger partial charge in [-0.15, -0.1) is 11.3 Å². The molecule has 0 fully saturated rings. The standard InChI is InChI=1S/C22H20BrClN2O3S/c1-4-29-21-17(23)11-14(12-18(21)28-3)5-10-19(27)25-22-26-20(13(2)30-22)15-6-8-16(24)9-7-15/h5-12H,4H2,1-3H3,(H,25,26,27). The Bertz CT molecular complexity index is 1080. The maximum atomic E-state index is 12.4. The van der Waals surface area contributed by atoms with E-state index in [1.54, 1.807) is 13.2 Å². The Labute approximate surface area is 192 Å². The number of aryl methyl sites for hydroxylation is 1. The number of methoxy groups -OCH3 is 1. The first kappa shape index (κ1) is 22.3. The highest BCUT2D eigenvalue weighted by atomic mass is 79.9. The monoisotopic (exact) mass is 506 g/mol. The first-order valence-corrected chi connectivity index (χ1v) is 11.1. The van der Waals surface area contributed by atoms with E-state index in [0.717, 1.165) is 26.2 Å². The smallest absolute Gasteiger partial charge is 0.250 e. The summed E-state index contributed by atoms with van der Waals surface area (Å²) in [5, 5.41) is 4.03. The van der Waals surface area contributed by atoms with Gasteiger partial charge in [-0.05, 0) is 65.7 Å². The van der Waals surface area contributed by atoms with Crippen LogP contribution in [0, 0.1) is 6.92 Å². The van der Waals surface area contributed by atoms with Gasteiger partial charge >= 0.3 is 0 Å². The van der Waals surface area contributed by atoms with Crippen LogP contribution in [0.25, 0.3) is 17.3 Å². The minimum absolute atomic E-state index is 0.268. The number of aromatic nitrogens is 1. The predicted molar refractivity (Wildman–Crippen MR) is 127 cm³/mol. The molecule has 3 aromatic rings. The number of hydrogen-bond acceptors (Lipinski definition) is 5. The summed E-state index contributed by atoms with van der Waals surface area (Å²) < 4.78 is 11.7. The highest BCUT2D eigenvalue weighted by Crippen LogP contribution is 2.37. The molecule has 1 amide bonds. The molecule has 0 atom stereocenters. The molecule has 0 saturated carbocycles. The number of carbonyl (C=O) groups excluding carboxylic acids is 1. The van der Waals surface area contributed by atoms with Crippen molar-refractivity contribution in [2.24, 2.45) is 0 Å². The van der Waals surface area contributed by atoms with Crippen molar-refractivity contribution < 1.29 is 14.3 Å². The second-order valence-corrected chi connectivity index (χ2v) is 8.71. The average Bonchev–Trinajstić information content (AvgIpc) is 3.08. The predicted octanol–water partition coefficient (Wildman–Crippen LogP) is 6.59. The van der Waals surface area contributed by atoms with Gasteiger partial charge in [-0.25, -0.2) is 4.98 Å². The number of hydrogen-bond donors (Lipinski definition) is 1. The summed E-state index contributed by atoms with van der Waals surface area (Å²) in [4.78, 5) is 17.9. The molecule has 0 aliphatic carbocycles. The second kappa shape index (κ2) is 10.1. The SMILES string of the molecule is CCOc1c(Br)cc(C=CC(=O)Nc2nc(-c3ccc(Cl)cc3)c(C)s2)cc1OC. The molecular formula is C22H20BrClN2O3S. The summed E-state index contributed by atoms with van der Waals surface area (Å²) in [6, 6.07) is 11.1. The van der Waals surface area contributed by atoms with Gasteiger partial charge in [0, 0.05) is 21.5 Å². The lowest BCUT2D eigenvalue weighted by Gasteiger charge is -2.12. The Morgan fingerprint density at radius 3 is 2.70 bits per heavy atom. The van der Waals surface area contributed by atoms with E-state index >= 15 is 0 Å². The molecule has 2 aromatic carbocycles. The zero-order valence-electron chi connectivity index (χ0n) is 16.7. The fourth-order valence-electron chi connectivity index (χ4n) is 2.76. The van der Waals surface area contributed by atoms with E-state index in [1.165, 1.54) is 17.4 Å². The third-order valence-corrected chi connectivity index (χ3v) is 5.84. The molecule has 1 N–H and O–H groups in total. The van der Waals surface area contributed by atoms with E-state index < -0.39 is 0 Å². The third-order valence-electron chi connectivity index (χ3n) is 4.11. The largest absolute Gasteiger partial charge is 0.493 e. The first-order valence-electron chi connectivity index (χ1n) is 9.14. The first-order chi connectivity index (χ1) is 14.4. The maximum absolute atomic E-state index is 12.4.